The number of amides is 1. The molecule has 112 valence electrons. The maximum absolute atomic E-state index is 12.0. The van der Waals surface area contributed by atoms with Gasteiger partial charge in [-0.2, -0.15) is 21.9 Å². The van der Waals surface area contributed by atoms with Gasteiger partial charge in [-0.05, 0) is 25.5 Å². The van der Waals surface area contributed by atoms with E-state index in [-0.39, 0.29) is 36.9 Å². The first kappa shape index (κ1) is 17.0. The zero-order valence-corrected chi connectivity index (χ0v) is 13.3. The van der Waals surface area contributed by atoms with Crippen LogP contribution < -0.4 is 0 Å². The number of likely N-dealkylation sites (tertiary alicyclic amines) is 1. The third-order valence-electron chi connectivity index (χ3n) is 3.36. The zero-order chi connectivity index (χ0) is 14.0. The van der Waals surface area contributed by atoms with Crippen molar-refractivity contribution in [2.75, 3.05) is 13.7 Å². The maximum atomic E-state index is 12.0. The molecule has 0 aliphatic carbocycles. The Balaban J connectivity index is 0.00000200. The largest absolute Gasteiger partial charge is 0.340 e. The fourth-order valence-electron chi connectivity index (χ4n) is 2.00. The van der Waals surface area contributed by atoms with Crippen molar-refractivity contribution in [2.45, 2.75) is 30.7 Å². The molecule has 1 amide bonds. The number of likely N-dealkylation sites (N-methyl/N-ethyl adjacent to an activating group) is 1. The standard InChI is InChI=1S/C13H17NO4S.H2S/c1-10-3-6-12(7-4-10)19(16,17)18-9-11-5-8-13(15)14(11)2;/h3-4,6-7,11H,5,8-9H2,1-2H3;1H2. The van der Waals surface area contributed by atoms with E-state index in [2.05, 4.69) is 0 Å². The smallest absolute Gasteiger partial charge is 0.297 e. The van der Waals surface area contributed by atoms with E-state index in [1.165, 1.54) is 12.1 Å². The maximum Gasteiger partial charge on any atom is 0.297 e. The molecule has 0 bridgehead atoms. The van der Waals surface area contributed by atoms with Gasteiger partial charge in [-0.25, -0.2) is 0 Å². The van der Waals surface area contributed by atoms with Crippen LogP contribution in [-0.4, -0.2) is 38.9 Å². The highest BCUT2D eigenvalue weighted by Gasteiger charge is 2.29. The summed E-state index contributed by atoms with van der Waals surface area (Å²) in [5, 5.41) is 0. The second kappa shape index (κ2) is 6.60. The van der Waals surface area contributed by atoms with Gasteiger partial charge in [0.05, 0.1) is 17.5 Å². The first-order valence-electron chi connectivity index (χ1n) is 6.12. The number of carbonyl (C=O) groups is 1. The van der Waals surface area contributed by atoms with Crippen LogP contribution >= 0.6 is 13.5 Å². The molecule has 0 radical (unpaired) electrons. The summed E-state index contributed by atoms with van der Waals surface area (Å²) in [4.78, 5) is 13.0. The fourth-order valence-corrected chi connectivity index (χ4v) is 2.94. The lowest BCUT2D eigenvalue weighted by Gasteiger charge is -2.19. The Morgan fingerprint density at radius 3 is 2.40 bits per heavy atom. The Labute approximate surface area is 126 Å². The van der Waals surface area contributed by atoms with Crippen LogP contribution in [0.4, 0.5) is 0 Å². The van der Waals surface area contributed by atoms with Crippen LogP contribution in [0.1, 0.15) is 18.4 Å². The summed E-state index contributed by atoms with van der Waals surface area (Å²) >= 11 is 0. The second-order valence-corrected chi connectivity index (χ2v) is 6.36. The molecule has 1 saturated heterocycles. The van der Waals surface area contributed by atoms with Gasteiger partial charge in [0.25, 0.3) is 10.1 Å². The SMILES string of the molecule is Cc1ccc(S(=O)(=O)OCC2CCC(=O)N2C)cc1.S. The monoisotopic (exact) mass is 317 g/mol. The Kier molecular flexibility index (Phi) is 5.61. The van der Waals surface area contributed by atoms with Gasteiger partial charge in [-0.3, -0.25) is 8.98 Å². The molecule has 0 N–H and O–H groups in total. The molecule has 1 aromatic carbocycles. The van der Waals surface area contributed by atoms with E-state index < -0.39 is 10.1 Å². The Morgan fingerprint density at radius 2 is 1.90 bits per heavy atom. The average Bonchev–Trinajstić information content (AvgIpc) is 2.68. The van der Waals surface area contributed by atoms with Crippen LogP contribution in [0.15, 0.2) is 29.2 Å². The van der Waals surface area contributed by atoms with E-state index in [0.717, 1.165) is 5.56 Å². The minimum absolute atomic E-state index is 0. The molecule has 20 heavy (non-hydrogen) atoms. The minimum Gasteiger partial charge on any atom is -0.340 e. The van der Waals surface area contributed by atoms with Crippen LogP contribution in [0.25, 0.3) is 0 Å². The summed E-state index contributed by atoms with van der Waals surface area (Å²) < 4.78 is 29.0. The lowest BCUT2D eigenvalue weighted by molar-refractivity contribution is -0.127. The molecule has 1 heterocycles. The van der Waals surface area contributed by atoms with E-state index in [0.29, 0.717) is 12.8 Å². The third-order valence-corrected chi connectivity index (χ3v) is 4.65. The van der Waals surface area contributed by atoms with Crippen molar-refractivity contribution in [3.63, 3.8) is 0 Å². The van der Waals surface area contributed by atoms with Crippen LogP contribution in [0.3, 0.4) is 0 Å². The molecule has 1 atom stereocenters. The van der Waals surface area contributed by atoms with Gasteiger partial charge in [0.15, 0.2) is 0 Å². The van der Waals surface area contributed by atoms with E-state index in [4.69, 9.17) is 4.18 Å². The number of hydrogen-bond acceptors (Lipinski definition) is 4. The molecule has 1 fully saturated rings. The topological polar surface area (TPSA) is 63.7 Å². The summed E-state index contributed by atoms with van der Waals surface area (Å²) in [5.41, 5.74) is 0.986. The fraction of sp³-hybridized carbons (Fsp3) is 0.462. The molecule has 2 rings (SSSR count). The van der Waals surface area contributed by atoms with Gasteiger partial charge >= 0.3 is 0 Å². The Bertz CT molecular complexity index is 569. The lowest BCUT2D eigenvalue weighted by Crippen LogP contribution is -2.33. The normalized spacial score (nSPS) is 19.0. The highest BCUT2D eigenvalue weighted by molar-refractivity contribution is 7.86. The summed E-state index contributed by atoms with van der Waals surface area (Å²) in [7, 11) is -2.07. The van der Waals surface area contributed by atoms with Crippen molar-refractivity contribution >= 4 is 29.5 Å². The lowest BCUT2D eigenvalue weighted by atomic mass is 10.2. The van der Waals surface area contributed by atoms with Crippen LogP contribution in [0.5, 0.6) is 0 Å². The second-order valence-electron chi connectivity index (χ2n) is 4.75. The summed E-state index contributed by atoms with van der Waals surface area (Å²) in [6, 6.07) is 6.33. The highest BCUT2D eigenvalue weighted by Crippen LogP contribution is 2.19. The quantitative estimate of drug-likeness (QED) is 0.788. The molecule has 1 unspecified atom stereocenters. The Hall–Kier alpha value is -1.05. The number of carbonyl (C=O) groups excluding carboxylic acids is 1. The molecule has 1 aliphatic heterocycles. The van der Waals surface area contributed by atoms with Crippen LogP contribution in [0.2, 0.25) is 0 Å². The van der Waals surface area contributed by atoms with Crippen molar-refractivity contribution in [2.24, 2.45) is 0 Å². The average molecular weight is 317 g/mol. The first-order chi connectivity index (χ1) is 8.90. The minimum atomic E-state index is -3.74. The molecule has 0 aromatic heterocycles. The molecule has 5 nitrogen and oxygen atoms in total. The summed E-state index contributed by atoms with van der Waals surface area (Å²) in [6.07, 6.45) is 1.09. The van der Waals surface area contributed by atoms with Crippen molar-refractivity contribution in [1.29, 1.82) is 0 Å². The number of nitrogens with zero attached hydrogens (tertiary/aromatic N) is 1. The number of benzene rings is 1. The molecule has 7 heteroatoms. The third kappa shape index (κ3) is 3.74. The van der Waals surface area contributed by atoms with E-state index >= 15 is 0 Å². The van der Waals surface area contributed by atoms with Gasteiger partial charge in [0, 0.05) is 13.5 Å². The predicted octanol–water partition coefficient (Wildman–Crippen LogP) is 1.43. The van der Waals surface area contributed by atoms with Crippen LogP contribution in [-0.2, 0) is 19.1 Å². The number of hydrogen-bond donors (Lipinski definition) is 0. The van der Waals surface area contributed by atoms with Crippen molar-refractivity contribution in [1.82, 2.24) is 4.90 Å². The van der Waals surface area contributed by atoms with Crippen LogP contribution in [0, 0.1) is 6.92 Å². The molecular weight excluding hydrogens is 298 g/mol. The molecule has 1 aromatic rings. The molecule has 0 spiro atoms. The summed E-state index contributed by atoms with van der Waals surface area (Å²) in [5.74, 6) is 0.0290. The number of aryl methyl sites for hydroxylation is 1. The van der Waals surface area contributed by atoms with Crippen molar-refractivity contribution < 1.29 is 17.4 Å². The van der Waals surface area contributed by atoms with Gasteiger partial charge < -0.3 is 4.90 Å². The highest BCUT2D eigenvalue weighted by atomic mass is 32.2. The number of rotatable bonds is 4. The molecule has 0 saturated carbocycles. The first-order valence-corrected chi connectivity index (χ1v) is 7.53. The predicted molar refractivity (Wildman–Crippen MR) is 80.5 cm³/mol. The van der Waals surface area contributed by atoms with Crippen molar-refractivity contribution in [3.05, 3.63) is 29.8 Å². The Morgan fingerprint density at radius 1 is 1.30 bits per heavy atom. The van der Waals surface area contributed by atoms with E-state index in [9.17, 15) is 13.2 Å². The van der Waals surface area contributed by atoms with Gasteiger partial charge in [0.2, 0.25) is 5.91 Å². The van der Waals surface area contributed by atoms with Crippen molar-refractivity contribution in [3.8, 4) is 0 Å². The van der Waals surface area contributed by atoms with Gasteiger partial charge in [-0.15, -0.1) is 0 Å². The molecule has 1 aliphatic rings. The van der Waals surface area contributed by atoms with E-state index in [1.807, 2.05) is 6.92 Å². The van der Waals surface area contributed by atoms with Gasteiger partial charge in [-0.1, -0.05) is 17.7 Å². The van der Waals surface area contributed by atoms with E-state index in [1.54, 1.807) is 24.1 Å². The summed E-state index contributed by atoms with van der Waals surface area (Å²) in [6.45, 7) is 1.90. The van der Waals surface area contributed by atoms with Gasteiger partial charge in [0.1, 0.15) is 0 Å². The zero-order valence-electron chi connectivity index (χ0n) is 11.5. The molecular formula is C13H19NO4S2.